The Hall–Kier alpha value is -0.440. The summed E-state index contributed by atoms with van der Waals surface area (Å²) in [5.74, 6) is 0.332. The summed E-state index contributed by atoms with van der Waals surface area (Å²) in [6.45, 7) is 0.464. The number of carbonyl (C=O) groups is 1. The predicted molar refractivity (Wildman–Crippen MR) is 68.3 cm³/mol. The molecule has 0 heterocycles. The topological polar surface area (TPSA) is 20.3 Å². The third kappa shape index (κ3) is 3.85. The fourth-order valence-electron chi connectivity index (χ4n) is 1.27. The minimum atomic E-state index is 0.000941. The van der Waals surface area contributed by atoms with E-state index in [1.54, 1.807) is 24.1 Å². The van der Waals surface area contributed by atoms with Gasteiger partial charge in [-0.25, -0.2) is 0 Å². The number of amides is 1. The molecule has 0 spiro atoms. The number of hydrogen-bond donors (Lipinski definition) is 0. The van der Waals surface area contributed by atoms with Crippen LogP contribution in [0.3, 0.4) is 0 Å². The van der Waals surface area contributed by atoms with E-state index < -0.39 is 0 Å². The SMILES string of the molecule is CN(Cc1ccc(Cl)cc1Cl)C(=O)CCCl. The molecule has 0 atom stereocenters. The molecule has 2 nitrogen and oxygen atoms in total. The van der Waals surface area contributed by atoms with E-state index in [1.165, 1.54) is 0 Å². The molecule has 1 rings (SSSR count). The molecule has 0 aliphatic carbocycles. The highest BCUT2D eigenvalue weighted by Gasteiger charge is 2.10. The van der Waals surface area contributed by atoms with Gasteiger partial charge in [0, 0.05) is 35.9 Å². The summed E-state index contributed by atoms with van der Waals surface area (Å²) in [5.41, 5.74) is 0.872. The normalized spacial score (nSPS) is 10.2. The Morgan fingerprint density at radius 3 is 2.62 bits per heavy atom. The van der Waals surface area contributed by atoms with Crippen molar-refractivity contribution in [1.82, 2.24) is 4.90 Å². The van der Waals surface area contributed by atoms with Gasteiger partial charge in [0.05, 0.1) is 0 Å². The van der Waals surface area contributed by atoms with Crippen molar-refractivity contribution < 1.29 is 4.79 Å². The molecule has 0 aromatic heterocycles. The molecule has 0 N–H and O–H groups in total. The van der Waals surface area contributed by atoms with Crippen molar-refractivity contribution >= 4 is 40.7 Å². The minimum Gasteiger partial charge on any atom is -0.341 e. The standard InChI is InChI=1S/C11H12Cl3NO/c1-15(11(16)4-5-12)7-8-2-3-9(13)6-10(8)14/h2-3,6H,4-5,7H2,1H3. The fourth-order valence-corrected chi connectivity index (χ4v) is 1.90. The third-order valence-corrected chi connectivity index (χ3v) is 2.93. The van der Waals surface area contributed by atoms with E-state index in [4.69, 9.17) is 34.8 Å². The highest BCUT2D eigenvalue weighted by molar-refractivity contribution is 6.35. The van der Waals surface area contributed by atoms with Crippen LogP contribution in [0.4, 0.5) is 0 Å². The number of hydrogen-bond acceptors (Lipinski definition) is 1. The van der Waals surface area contributed by atoms with Gasteiger partial charge in [-0.2, -0.15) is 0 Å². The molecule has 1 aromatic rings. The molecule has 5 heteroatoms. The van der Waals surface area contributed by atoms with Crippen molar-refractivity contribution in [2.24, 2.45) is 0 Å². The lowest BCUT2D eigenvalue weighted by molar-refractivity contribution is -0.129. The molecule has 0 aliphatic heterocycles. The second-order valence-electron chi connectivity index (χ2n) is 3.42. The second-order valence-corrected chi connectivity index (χ2v) is 4.65. The first-order chi connectivity index (χ1) is 7.54. The molecule has 88 valence electrons. The van der Waals surface area contributed by atoms with Crippen molar-refractivity contribution in [3.63, 3.8) is 0 Å². The number of alkyl halides is 1. The van der Waals surface area contributed by atoms with Crippen molar-refractivity contribution in [3.8, 4) is 0 Å². The Labute approximate surface area is 110 Å². The van der Waals surface area contributed by atoms with Gasteiger partial charge in [-0.1, -0.05) is 29.3 Å². The van der Waals surface area contributed by atoms with Crippen molar-refractivity contribution in [1.29, 1.82) is 0 Å². The van der Waals surface area contributed by atoms with E-state index in [-0.39, 0.29) is 5.91 Å². The van der Waals surface area contributed by atoms with Crippen LogP contribution in [0, 0.1) is 0 Å². The molecule has 0 bridgehead atoms. The first-order valence-corrected chi connectivity index (χ1v) is 6.07. The first kappa shape index (κ1) is 13.6. The monoisotopic (exact) mass is 279 g/mol. The summed E-state index contributed by atoms with van der Waals surface area (Å²) in [4.78, 5) is 13.1. The average Bonchev–Trinajstić information content (AvgIpc) is 2.22. The molecule has 0 saturated heterocycles. The Morgan fingerprint density at radius 2 is 2.06 bits per heavy atom. The fraction of sp³-hybridized carbons (Fsp3) is 0.364. The largest absolute Gasteiger partial charge is 0.341 e. The average molecular weight is 281 g/mol. The van der Waals surface area contributed by atoms with E-state index in [0.717, 1.165) is 5.56 Å². The summed E-state index contributed by atoms with van der Waals surface area (Å²) in [6, 6.07) is 5.23. The number of nitrogens with zero attached hydrogens (tertiary/aromatic N) is 1. The summed E-state index contributed by atoms with van der Waals surface area (Å²) < 4.78 is 0. The number of benzene rings is 1. The molecule has 1 aromatic carbocycles. The zero-order valence-electron chi connectivity index (χ0n) is 8.84. The maximum absolute atomic E-state index is 11.5. The van der Waals surface area contributed by atoms with Gasteiger partial charge in [0.15, 0.2) is 0 Å². The highest BCUT2D eigenvalue weighted by atomic mass is 35.5. The quantitative estimate of drug-likeness (QED) is 0.772. The maximum Gasteiger partial charge on any atom is 0.223 e. The van der Waals surface area contributed by atoms with Gasteiger partial charge in [0.1, 0.15) is 0 Å². The predicted octanol–water partition coefficient (Wildman–Crippen LogP) is 3.58. The highest BCUT2D eigenvalue weighted by Crippen LogP contribution is 2.22. The van der Waals surface area contributed by atoms with Crippen molar-refractivity contribution in [3.05, 3.63) is 33.8 Å². The van der Waals surface area contributed by atoms with Gasteiger partial charge in [-0.3, -0.25) is 4.79 Å². The van der Waals surface area contributed by atoms with Crippen LogP contribution in [0.25, 0.3) is 0 Å². The third-order valence-electron chi connectivity index (χ3n) is 2.16. The van der Waals surface area contributed by atoms with Crippen LogP contribution >= 0.6 is 34.8 Å². The van der Waals surface area contributed by atoms with Crippen molar-refractivity contribution in [2.45, 2.75) is 13.0 Å². The number of carbonyl (C=O) groups excluding carboxylic acids is 1. The van der Waals surface area contributed by atoms with E-state index in [0.29, 0.717) is 28.9 Å². The van der Waals surface area contributed by atoms with E-state index >= 15 is 0 Å². The Kier molecular flexibility index (Phi) is 5.39. The zero-order chi connectivity index (χ0) is 12.1. The molecule has 0 unspecified atom stereocenters. The molecular formula is C11H12Cl3NO. The zero-order valence-corrected chi connectivity index (χ0v) is 11.1. The minimum absolute atomic E-state index is 0.000941. The summed E-state index contributed by atoms with van der Waals surface area (Å²) >= 11 is 17.3. The van der Waals surface area contributed by atoms with Gasteiger partial charge in [-0.05, 0) is 17.7 Å². The molecular weight excluding hydrogens is 268 g/mol. The molecule has 1 amide bonds. The van der Waals surface area contributed by atoms with Crippen LogP contribution in [0.2, 0.25) is 10.0 Å². The Morgan fingerprint density at radius 1 is 1.38 bits per heavy atom. The van der Waals surface area contributed by atoms with Gasteiger partial charge in [-0.15, -0.1) is 11.6 Å². The van der Waals surface area contributed by atoms with Crippen LogP contribution in [0.1, 0.15) is 12.0 Å². The lowest BCUT2D eigenvalue weighted by Gasteiger charge is -2.17. The Bertz CT molecular complexity index is 381. The van der Waals surface area contributed by atoms with Crippen LogP contribution in [-0.4, -0.2) is 23.7 Å². The van der Waals surface area contributed by atoms with Gasteiger partial charge in [0.2, 0.25) is 5.91 Å². The smallest absolute Gasteiger partial charge is 0.223 e. The molecule has 0 radical (unpaired) electrons. The van der Waals surface area contributed by atoms with Crippen molar-refractivity contribution in [2.75, 3.05) is 12.9 Å². The van der Waals surface area contributed by atoms with E-state index in [2.05, 4.69) is 0 Å². The van der Waals surface area contributed by atoms with Crippen LogP contribution in [0.15, 0.2) is 18.2 Å². The number of rotatable bonds is 4. The summed E-state index contributed by atoms with van der Waals surface area (Å²) in [5, 5.41) is 1.15. The maximum atomic E-state index is 11.5. The van der Waals surface area contributed by atoms with Gasteiger partial charge in [0.25, 0.3) is 0 Å². The lowest BCUT2D eigenvalue weighted by Crippen LogP contribution is -2.26. The van der Waals surface area contributed by atoms with E-state index in [9.17, 15) is 4.79 Å². The van der Waals surface area contributed by atoms with Crippen LogP contribution in [0.5, 0.6) is 0 Å². The lowest BCUT2D eigenvalue weighted by atomic mass is 10.2. The number of halogens is 3. The van der Waals surface area contributed by atoms with Gasteiger partial charge >= 0.3 is 0 Å². The van der Waals surface area contributed by atoms with E-state index in [1.807, 2.05) is 6.07 Å². The second kappa shape index (κ2) is 6.33. The summed E-state index contributed by atoms with van der Waals surface area (Å²) in [7, 11) is 1.72. The summed E-state index contributed by atoms with van der Waals surface area (Å²) in [6.07, 6.45) is 0.337. The van der Waals surface area contributed by atoms with Crippen LogP contribution < -0.4 is 0 Å². The van der Waals surface area contributed by atoms with Gasteiger partial charge < -0.3 is 4.90 Å². The Balaban J connectivity index is 2.69. The molecule has 0 aliphatic rings. The van der Waals surface area contributed by atoms with Crippen LogP contribution in [-0.2, 0) is 11.3 Å². The molecule has 0 fully saturated rings. The molecule has 16 heavy (non-hydrogen) atoms. The first-order valence-electron chi connectivity index (χ1n) is 4.78. The molecule has 0 saturated carbocycles.